The summed E-state index contributed by atoms with van der Waals surface area (Å²) in [6.45, 7) is 8.23. The molecule has 1 aromatic carbocycles. The molecule has 0 saturated heterocycles. The lowest BCUT2D eigenvalue weighted by molar-refractivity contribution is 0.170. The van der Waals surface area contributed by atoms with Crippen molar-refractivity contribution >= 4 is 11.6 Å². The van der Waals surface area contributed by atoms with Crippen molar-refractivity contribution in [1.29, 1.82) is 0 Å². The predicted octanol–water partition coefficient (Wildman–Crippen LogP) is 3.97. The van der Waals surface area contributed by atoms with Gasteiger partial charge in [0.1, 0.15) is 0 Å². The molecule has 102 valence electrons. The van der Waals surface area contributed by atoms with Gasteiger partial charge in [0.05, 0.1) is 0 Å². The first-order chi connectivity index (χ1) is 8.61. The van der Waals surface area contributed by atoms with Crippen LogP contribution in [0.3, 0.4) is 0 Å². The van der Waals surface area contributed by atoms with Gasteiger partial charge in [-0.3, -0.25) is 0 Å². The van der Waals surface area contributed by atoms with E-state index in [0.29, 0.717) is 12.0 Å². The van der Waals surface area contributed by atoms with Gasteiger partial charge in [-0.2, -0.15) is 0 Å². The fourth-order valence-corrected chi connectivity index (χ4v) is 2.45. The number of hydrogen-bond acceptors (Lipinski definition) is 2. The van der Waals surface area contributed by atoms with Crippen molar-refractivity contribution in [2.75, 3.05) is 20.3 Å². The molecule has 0 aliphatic rings. The molecular weight excluding hydrogens is 246 g/mol. The Kier molecular flexibility index (Phi) is 6.69. The van der Waals surface area contributed by atoms with Gasteiger partial charge in [0.2, 0.25) is 0 Å². The molecule has 0 aliphatic carbocycles. The second-order valence-electron chi connectivity index (χ2n) is 4.75. The summed E-state index contributed by atoms with van der Waals surface area (Å²) < 4.78 is 5.18. The largest absolute Gasteiger partial charge is 0.385 e. The van der Waals surface area contributed by atoms with Crippen molar-refractivity contribution in [2.45, 2.75) is 33.2 Å². The molecule has 0 bridgehead atoms. The van der Waals surface area contributed by atoms with Crippen LogP contribution in [0.5, 0.6) is 0 Å². The molecule has 18 heavy (non-hydrogen) atoms. The summed E-state index contributed by atoms with van der Waals surface area (Å²) in [4.78, 5) is 0. The highest BCUT2D eigenvalue weighted by Gasteiger charge is 2.20. The van der Waals surface area contributed by atoms with E-state index in [1.54, 1.807) is 7.11 Å². The molecule has 3 heteroatoms. The summed E-state index contributed by atoms with van der Waals surface area (Å²) in [6.07, 6.45) is 1.04. The van der Waals surface area contributed by atoms with E-state index in [0.717, 1.165) is 24.6 Å². The van der Waals surface area contributed by atoms with Crippen LogP contribution in [0.4, 0.5) is 0 Å². The molecule has 1 aromatic rings. The Labute approximate surface area is 116 Å². The molecule has 2 unspecified atom stereocenters. The summed E-state index contributed by atoms with van der Waals surface area (Å²) >= 11 is 6.21. The highest BCUT2D eigenvalue weighted by Crippen LogP contribution is 2.30. The van der Waals surface area contributed by atoms with E-state index in [-0.39, 0.29) is 0 Å². The van der Waals surface area contributed by atoms with Crippen LogP contribution in [0.15, 0.2) is 18.2 Å². The van der Waals surface area contributed by atoms with E-state index < -0.39 is 0 Å². The first-order valence-corrected chi connectivity index (χ1v) is 6.96. The Hall–Kier alpha value is -0.570. The molecule has 2 atom stereocenters. The highest BCUT2D eigenvalue weighted by atomic mass is 35.5. The summed E-state index contributed by atoms with van der Waals surface area (Å²) in [6, 6.07) is 6.47. The highest BCUT2D eigenvalue weighted by molar-refractivity contribution is 6.31. The quantitative estimate of drug-likeness (QED) is 0.809. The number of hydrogen-bond donors (Lipinski definition) is 1. The van der Waals surface area contributed by atoms with Gasteiger partial charge in [-0.25, -0.2) is 0 Å². The molecule has 0 aliphatic heterocycles. The van der Waals surface area contributed by atoms with Crippen LogP contribution >= 0.6 is 11.6 Å². The van der Waals surface area contributed by atoms with Gasteiger partial charge in [0, 0.05) is 24.8 Å². The smallest absolute Gasteiger partial charge is 0.0465 e. The topological polar surface area (TPSA) is 21.3 Å². The molecule has 0 heterocycles. The molecule has 0 fully saturated rings. The van der Waals surface area contributed by atoms with Crippen molar-refractivity contribution < 1.29 is 4.74 Å². The Bertz CT molecular complexity index is 368. The molecule has 0 aromatic heterocycles. The van der Waals surface area contributed by atoms with Gasteiger partial charge in [-0.05, 0) is 43.0 Å². The first-order valence-electron chi connectivity index (χ1n) is 6.59. The fraction of sp³-hybridized carbons (Fsp3) is 0.600. The lowest BCUT2D eigenvalue weighted by Crippen LogP contribution is -2.28. The van der Waals surface area contributed by atoms with E-state index >= 15 is 0 Å². The Morgan fingerprint density at radius 1 is 1.39 bits per heavy atom. The van der Waals surface area contributed by atoms with Crippen molar-refractivity contribution in [3.63, 3.8) is 0 Å². The average Bonchev–Trinajstić information content (AvgIpc) is 2.37. The summed E-state index contributed by atoms with van der Waals surface area (Å²) in [5.41, 5.74) is 2.47. The molecule has 0 amide bonds. The maximum Gasteiger partial charge on any atom is 0.0465 e. The molecule has 1 rings (SSSR count). The van der Waals surface area contributed by atoms with Crippen LogP contribution in [-0.2, 0) is 4.74 Å². The number of ether oxygens (including phenoxy) is 1. The van der Waals surface area contributed by atoms with E-state index in [9.17, 15) is 0 Å². The third kappa shape index (κ3) is 3.98. The molecule has 2 nitrogen and oxygen atoms in total. The van der Waals surface area contributed by atoms with Crippen LogP contribution in [0.1, 0.15) is 37.4 Å². The predicted molar refractivity (Wildman–Crippen MR) is 78.3 cm³/mol. The average molecular weight is 270 g/mol. The summed E-state index contributed by atoms with van der Waals surface area (Å²) in [5, 5.41) is 4.40. The Morgan fingerprint density at radius 3 is 2.72 bits per heavy atom. The first kappa shape index (κ1) is 15.5. The Morgan fingerprint density at radius 2 is 2.11 bits per heavy atom. The van der Waals surface area contributed by atoms with Crippen molar-refractivity contribution in [2.24, 2.45) is 5.92 Å². The monoisotopic (exact) mass is 269 g/mol. The van der Waals surface area contributed by atoms with Gasteiger partial charge in [0.25, 0.3) is 0 Å². The molecule has 0 saturated carbocycles. The summed E-state index contributed by atoms with van der Waals surface area (Å²) in [5.74, 6) is 0.516. The van der Waals surface area contributed by atoms with Gasteiger partial charge in [0.15, 0.2) is 0 Å². The second kappa shape index (κ2) is 7.78. The zero-order valence-electron chi connectivity index (χ0n) is 11.8. The lowest BCUT2D eigenvalue weighted by Gasteiger charge is -2.27. The Balaban J connectivity index is 2.92. The molecule has 0 spiro atoms. The van der Waals surface area contributed by atoms with Crippen molar-refractivity contribution in [3.8, 4) is 0 Å². The van der Waals surface area contributed by atoms with Crippen molar-refractivity contribution in [3.05, 3.63) is 34.3 Å². The third-order valence-electron chi connectivity index (χ3n) is 3.42. The van der Waals surface area contributed by atoms with E-state index in [2.05, 4.69) is 32.2 Å². The third-order valence-corrected chi connectivity index (χ3v) is 3.82. The normalized spacial score (nSPS) is 14.5. The van der Waals surface area contributed by atoms with Crippen LogP contribution in [0.25, 0.3) is 0 Å². The maximum atomic E-state index is 6.21. The van der Waals surface area contributed by atoms with Crippen molar-refractivity contribution in [1.82, 2.24) is 5.32 Å². The molecule has 0 radical (unpaired) electrons. The SMILES string of the molecule is CCNC(c1cccc(Cl)c1C)C(C)CCOC. The zero-order valence-corrected chi connectivity index (χ0v) is 12.6. The number of nitrogens with one attached hydrogen (secondary N) is 1. The molecule has 1 N–H and O–H groups in total. The second-order valence-corrected chi connectivity index (χ2v) is 5.16. The minimum atomic E-state index is 0.337. The fourth-order valence-electron chi connectivity index (χ4n) is 2.27. The van der Waals surface area contributed by atoms with Gasteiger partial charge in [-0.1, -0.05) is 37.6 Å². The van der Waals surface area contributed by atoms with E-state index in [4.69, 9.17) is 16.3 Å². The maximum absolute atomic E-state index is 6.21. The summed E-state index contributed by atoms with van der Waals surface area (Å²) in [7, 11) is 1.75. The number of halogens is 1. The van der Waals surface area contributed by atoms with E-state index in [1.807, 2.05) is 12.1 Å². The van der Waals surface area contributed by atoms with Gasteiger partial charge in [-0.15, -0.1) is 0 Å². The van der Waals surface area contributed by atoms with Gasteiger partial charge >= 0.3 is 0 Å². The van der Waals surface area contributed by atoms with Gasteiger partial charge < -0.3 is 10.1 Å². The minimum Gasteiger partial charge on any atom is -0.385 e. The zero-order chi connectivity index (χ0) is 13.5. The van der Waals surface area contributed by atoms with Crippen LogP contribution in [0.2, 0.25) is 5.02 Å². The number of benzene rings is 1. The minimum absolute atomic E-state index is 0.337. The van der Waals surface area contributed by atoms with E-state index in [1.165, 1.54) is 11.1 Å². The van der Waals surface area contributed by atoms with Crippen LogP contribution in [0, 0.1) is 12.8 Å². The number of rotatable bonds is 7. The van der Waals surface area contributed by atoms with Crippen LogP contribution < -0.4 is 5.32 Å². The molecular formula is C15H24ClNO. The lowest BCUT2D eigenvalue weighted by atomic mass is 9.89. The van der Waals surface area contributed by atoms with Crippen LogP contribution in [-0.4, -0.2) is 20.3 Å². The standard InChI is InChI=1S/C15H24ClNO/c1-5-17-15(11(2)9-10-18-4)13-7-6-8-14(16)12(13)3/h6-8,11,15,17H,5,9-10H2,1-4H3. The number of methoxy groups -OCH3 is 1.